The van der Waals surface area contributed by atoms with Crippen molar-refractivity contribution in [1.82, 2.24) is 10.3 Å². The lowest BCUT2D eigenvalue weighted by atomic mass is 10.1. The van der Waals surface area contributed by atoms with Crippen molar-refractivity contribution in [2.45, 2.75) is 38.8 Å². The molecule has 1 amide bonds. The number of rotatable bonds is 2. The highest BCUT2D eigenvalue weighted by atomic mass is 16.6. The van der Waals surface area contributed by atoms with Crippen LogP contribution in [-0.4, -0.2) is 35.8 Å². The van der Waals surface area contributed by atoms with Crippen LogP contribution in [0.1, 0.15) is 32.8 Å². The Morgan fingerprint density at radius 3 is 2.88 bits per heavy atom. The first kappa shape index (κ1) is 17.0. The predicted molar refractivity (Wildman–Crippen MR) is 96.4 cm³/mol. The smallest absolute Gasteiger partial charge is 0.407 e. The fourth-order valence-electron chi connectivity index (χ4n) is 3.10. The summed E-state index contributed by atoms with van der Waals surface area (Å²) in [5, 5.41) is 13.3. The number of para-hydroxylation sites is 1. The van der Waals surface area contributed by atoms with Crippen molar-refractivity contribution in [2.75, 3.05) is 18.0 Å². The van der Waals surface area contributed by atoms with Crippen molar-refractivity contribution in [3.63, 3.8) is 0 Å². The molecule has 1 aromatic carbocycles. The van der Waals surface area contributed by atoms with Gasteiger partial charge in [-0.25, -0.2) is 4.79 Å². The molecule has 1 unspecified atom stereocenters. The summed E-state index contributed by atoms with van der Waals surface area (Å²) in [4.78, 5) is 18.5. The average molecular weight is 338 g/mol. The second-order valence-electron chi connectivity index (χ2n) is 7.23. The van der Waals surface area contributed by atoms with E-state index in [1.54, 1.807) is 6.20 Å². The van der Waals surface area contributed by atoms with Gasteiger partial charge < -0.3 is 15.0 Å². The number of carbonyl (C=O) groups is 1. The Kier molecular flexibility index (Phi) is 4.49. The average Bonchev–Trinajstić information content (AvgIpc) is 2.99. The molecule has 0 spiro atoms. The first-order valence-electron chi connectivity index (χ1n) is 8.40. The lowest BCUT2D eigenvalue weighted by Crippen LogP contribution is -2.40. The molecule has 6 heteroatoms. The zero-order chi connectivity index (χ0) is 18.0. The molecule has 0 saturated carbocycles. The first-order valence-corrected chi connectivity index (χ1v) is 8.40. The predicted octanol–water partition coefficient (Wildman–Crippen LogP) is 3.21. The van der Waals surface area contributed by atoms with Gasteiger partial charge in [0.1, 0.15) is 11.7 Å². The maximum Gasteiger partial charge on any atom is 0.407 e. The minimum Gasteiger partial charge on any atom is -0.444 e. The van der Waals surface area contributed by atoms with E-state index in [9.17, 15) is 10.1 Å². The minimum absolute atomic E-state index is 0.00618. The number of aromatic nitrogens is 1. The van der Waals surface area contributed by atoms with Crippen LogP contribution in [0.3, 0.4) is 0 Å². The quantitative estimate of drug-likeness (QED) is 0.910. The standard InChI is InChI=1S/C19H22N4O2/c1-19(2,3)25-18(24)22-14-8-9-23(12-14)17-13(10-20)11-21-16-7-5-4-6-15(16)17/h4-7,11,14H,8-9,12H2,1-3H3,(H,22,24). The van der Waals surface area contributed by atoms with Crippen molar-refractivity contribution in [2.24, 2.45) is 0 Å². The molecule has 1 aromatic heterocycles. The molecule has 25 heavy (non-hydrogen) atoms. The van der Waals surface area contributed by atoms with E-state index in [0.717, 1.165) is 29.6 Å². The van der Waals surface area contributed by atoms with Gasteiger partial charge in [-0.2, -0.15) is 5.26 Å². The largest absolute Gasteiger partial charge is 0.444 e. The van der Waals surface area contributed by atoms with Gasteiger partial charge in [-0.1, -0.05) is 18.2 Å². The van der Waals surface area contributed by atoms with E-state index < -0.39 is 11.7 Å². The molecule has 6 nitrogen and oxygen atoms in total. The molecule has 2 heterocycles. The fourth-order valence-corrected chi connectivity index (χ4v) is 3.10. The van der Waals surface area contributed by atoms with Crippen LogP contribution in [-0.2, 0) is 4.74 Å². The van der Waals surface area contributed by atoms with Gasteiger partial charge in [0, 0.05) is 24.7 Å². The van der Waals surface area contributed by atoms with Crippen molar-refractivity contribution < 1.29 is 9.53 Å². The lowest BCUT2D eigenvalue weighted by molar-refractivity contribution is 0.0509. The Bertz CT molecular complexity index is 835. The number of alkyl carbamates (subject to hydrolysis) is 1. The van der Waals surface area contributed by atoms with E-state index in [2.05, 4.69) is 21.3 Å². The molecule has 1 aliphatic heterocycles. The van der Waals surface area contributed by atoms with Gasteiger partial charge >= 0.3 is 6.09 Å². The second-order valence-corrected chi connectivity index (χ2v) is 7.23. The normalized spacial score (nSPS) is 17.4. The molecule has 3 rings (SSSR count). The Hall–Kier alpha value is -2.81. The highest BCUT2D eigenvalue weighted by Crippen LogP contribution is 2.31. The lowest BCUT2D eigenvalue weighted by Gasteiger charge is -2.23. The fraction of sp³-hybridized carbons (Fsp3) is 0.421. The number of nitriles is 1. The van der Waals surface area contributed by atoms with Crippen molar-refractivity contribution in [1.29, 1.82) is 5.26 Å². The molecule has 1 N–H and O–H groups in total. The zero-order valence-electron chi connectivity index (χ0n) is 14.7. The number of nitrogens with zero attached hydrogens (tertiary/aromatic N) is 3. The van der Waals surface area contributed by atoms with E-state index in [1.807, 2.05) is 45.0 Å². The topological polar surface area (TPSA) is 78.2 Å². The SMILES string of the molecule is CC(C)(C)OC(=O)NC1CCN(c2c(C#N)cnc3ccccc23)C1. The summed E-state index contributed by atoms with van der Waals surface area (Å²) in [7, 11) is 0. The number of ether oxygens (including phenoxy) is 1. The number of nitrogens with one attached hydrogen (secondary N) is 1. The maximum absolute atomic E-state index is 12.0. The third-order valence-electron chi connectivity index (χ3n) is 4.09. The van der Waals surface area contributed by atoms with Crippen LogP contribution in [0.25, 0.3) is 10.9 Å². The van der Waals surface area contributed by atoms with Crippen LogP contribution in [0, 0.1) is 11.3 Å². The number of anilines is 1. The van der Waals surface area contributed by atoms with Crippen LogP contribution in [0.15, 0.2) is 30.5 Å². The highest BCUT2D eigenvalue weighted by molar-refractivity contribution is 5.94. The number of hydrogen-bond donors (Lipinski definition) is 1. The van der Waals surface area contributed by atoms with Crippen LogP contribution in [0.2, 0.25) is 0 Å². The number of carbonyl (C=O) groups excluding carboxylic acids is 1. The van der Waals surface area contributed by atoms with Crippen molar-refractivity contribution >= 4 is 22.7 Å². The number of fused-ring (bicyclic) bond motifs is 1. The Labute approximate surface area is 147 Å². The zero-order valence-corrected chi connectivity index (χ0v) is 14.7. The van der Waals surface area contributed by atoms with Gasteiger partial charge in [0.25, 0.3) is 0 Å². The van der Waals surface area contributed by atoms with E-state index in [4.69, 9.17) is 4.74 Å². The van der Waals surface area contributed by atoms with Gasteiger partial charge in [-0.15, -0.1) is 0 Å². The third kappa shape index (κ3) is 3.82. The maximum atomic E-state index is 12.0. The molecule has 0 aliphatic carbocycles. The van der Waals surface area contributed by atoms with E-state index in [0.29, 0.717) is 12.1 Å². The molecule has 2 aromatic rings. The Morgan fingerprint density at radius 2 is 2.16 bits per heavy atom. The van der Waals surface area contributed by atoms with Crippen molar-refractivity contribution in [3.8, 4) is 6.07 Å². The molecule has 0 radical (unpaired) electrons. The monoisotopic (exact) mass is 338 g/mol. The van der Waals surface area contributed by atoms with Crippen LogP contribution in [0.4, 0.5) is 10.5 Å². The van der Waals surface area contributed by atoms with Crippen LogP contribution in [0.5, 0.6) is 0 Å². The molecular weight excluding hydrogens is 316 g/mol. The summed E-state index contributed by atoms with van der Waals surface area (Å²) in [5.74, 6) is 0. The van der Waals surface area contributed by atoms with Crippen LogP contribution >= 0.6 is 0 Å². The minimum atomic E-state index is -0.516. The van der Waals surface area contributed by atoms with E-state index >= 15 is 0 Å². The van der Waals surface area contributed by atoms with Crippen LogP contribution < -0.4 is 10.2 Å². The molecule has 1 saturated heterocycles. The van der Waals surface area contributed by atoms with Gasteiger partial charge in [0.15, 0.2) is 0 Å². The molecule has 1 fully saturated rings. The van der Waals surface area contributed by atoms with Gasteiger partial charge in [-0.3, -0.25) is 4.98 Å². The molecule has 0 bridgehead atoms. The number of hydrogen-bond acceptors (Lipinski definition) is 5. The van der Waals surface area contributed by atoms with Gasteiger partial charge in [0.05, 0.1) is 22.8 Å². The summed E-state index contributed by atoms with van der Waals surface area (Å²) in [6, 6.07) is 10.0. The summed E-state index contributed by atoms with van der Waals surface area (Å²) < 4.78 is 5.32. The van der Waals surface area contributed by atoms with Gasteiger partial charge in [0.2, 0.25) is 0 Å². The Balaban J connectivity index is 1.80. The second kappa shape index (κ2) is 6.60. The van der Waals surface area contributed by atoms with Crippen molar-refractivity contribution in [3.05, 3.63) is 36.0 Å². The number of amides is 1. The Morgan fingerprint density at radius 1 is 1.40 bits per heavy atom. The van der Waals surface area contributed by atoms with Gasteiger partial charge in [-0.05, 0) is 33.3 Å². The summed E-state index contributed by atoms with van der Waals surface area (Å²) >= 11 is 0. The highest BCUT2D eigenvalue weighted by Gasteiger charge is 2.28. The molecule has 1 aliphatic rings. The molecule has 130 valence electrons. The summed E-state index contributed by atoms with van der Waals surface area (Å²) in [5.41, 5.74) is 1.79. The summed E-state index contributed by atoms with van der Waals surface area (Å²) in [6.07, 6.45) is 2.02. The van der Waals surface area contributed by atoms with E-state index in [-0.39, 0.29) is 6.04 Å². The molecular formula is C19H22N4O2. The molecule has 1 atom stereocenters. The van der Waals surface area contributed by atoms with E-state index in [1.165, 1.54) is 0 Å². The third-order valence-corrected chi connectivity index (χ3v) is 4.09. The summed E-state index contributed by atoms with van der Waals surface area (Å²) in [6.45, 7) is 6.94. The number of benzene rings is 1. The number of pyridine rings is 1. The first-order chi connectivity index (χ1) is 11.9.